The van der Waals surface area contributed by atoms with Crippen molar-refractivity contribution >= 4 is 11.9 Å². The standard InChI is InChI=1S/C29H54O4/c1-5-24(4)27(33-29(32)26-21-18-17-20-25(26)28(30)31)22-16-14-12-10-8-6-7-9-11-13-15-19-23(2)3/h23-27H,5-22H2,1-4H3,(H,30,31). The number of carboxylic acids is 1. The predicted molar refractivity (Wildman–Crippen MR) is 137 cm³/mol. The molecule has 0 amide bonds. The molecular formula is C29H54O4. The molecule has 4 heteroatoms. The first-order chi connectivity index (χ1) is 15.9. The molecule has 0 aromatic rings. The molecule has 1 rings (SSSR count). The first-order valence-electron chi connectivity index (χ1n) is 14.3. The van der Waals surface area contributed by atoms with E-state index in [1.54, 1.807) is 0 Å². The lowest BCUT2D eigenvalue weighted by atomic mass is 9.79. The highest BCUT2D eigenvalue weighted by Gasteiger charge is 2.38. The summed E-state index contributed by atoms with van der Waals surface area (Å²) < 4.78 is 5.93. The van der Waals surface area contributed by atoms with E-state index >= 15 is 0 Å². The van der Waals surface area contributed by atoms with Crippen LogP contribution >= 0.6 is 0 Å². The third kappa shape index (κ3) is 13.4. The Labute approximate surface area is 204 Å². The van der Waals surface area contributed by atoms with Crippen LogP contribution in [0.25, 0.3) is 0 Å². The molecule has 0 spiro atoms. The molecule has 1 fully saturated rings. The summed E-state index contributed by atoms with van der Waals surface area (Å²) in [6, 6.07) is 0. The first-order valence-corrected chi connectivity index (χ1v) is 14.3. The number of rotatable bonds is 19. The zero-order chi connectivity index (χ0) is 24.5. The van der Waals surface area contributed by atoms with E-state index in [0.717, 1.165) is 38.0 Å². The molecule has 4 atom stereocenters. The summed E-state index contributed by atoms with van der Waals surface area (Å²) in [5.41, 5.74) is 0. The van der Waals surface area contributed by atoms with Crippen molar-refractivity contribution in [3.05, 3.63) is 0 Å². The molecule has 194 valence electrons. The van der Waals surface area contributed by atoms with Crippen molar-refractivity contribution in [2.45, 2.75) is 149 Å². The predicted octanol–water partition coefficient (Wildman–Crippen LogP) is 8.56. The summed E-state index contributed by atoms with van der Waals surface area (Å²) in [6.45, 7) is 8.91. The largest absolute Gasteiger partial charge is 0.481 e. The third-order valence-corrected chi connectivity index (χ3v) is 7.70. The van der Waals surface area contributed by atoms with E-state index in [4.69, 9.17) is 4.74 Å². The molecule has 33 heavy (non-hydrogen) atoms. The van der Waals surface area contributed by atoms with Crippen molar-refractivity contribution in [2.24, 2.45) is 23.7 Å². The van der Waals surface area contributed by atoms with Gasteiger partial charge in [-0.25, -0.2) is 0 Å². The molecule has 4 unspecified atom stereocenters. The Balaban J connectivity index is 2.18. The maximum Gasteiger partial charge on any atom is 0.310 e. The SMILES string of the molecule is CCC(C)C(CCCCCCCCCCCCCC(C)C)OC(=O)C1CCCCC1C(=O)O. The molecule has 0 aromatic heterocycles. The van der Waals surface area contributed by atoms with Gasteiger partial charge in [-0.3, -0.25) is 9.59 Å². The van der Waals surface area contributed by atoms with E-state index < -0.39 is 17.8 Å². The van der Waals surface area contributed by atoms with E-state index in [1.807, 2.05) is 0 Å². The van der Waals surface area contributed by atoms with Gasteiger partial charge in [0.2, 0.25) is 0 Å². The van der Waals surface area contributed by atoms with Crippen LogP contribution in [0.1, 0.15) is 143 Å². The molecule has 0 radical (unpaired) electrons. The fourth-order valence-corrected chi connectivity index (χ4v) is 5.16. The van der Waals surface area contributed by atoms with E-state index in [0.29, 0.717) is 18.8 Å². The molecule has 1 aliphatic rings. The second kappa shape index (κ2) is 18.3. The van der Waals surface area contributed by atoms with Crippen molar-refractivity contribution in [3.63, 3.8) is 0 Å². The highest BCUT2D eigenvalue weighted by atomic mass is 16.5. The number of esters is 1. The van der Waals surface area contributed by atoms with Crippen LogP contribution < -0.4 is 0 Å². The van der Waals surface area contributed by atoms with Gasteiger partial charge in [-0.1, -0.05) is 118 Å². The summed E-state index contributed by atoms with van der Waals surface area (Å²) >= 11 is 0. The van der Waals surface area contributed by atoms with Crippen LogP contribution in [-0.4, -0.2) is 23.1 Å². The van der Waals surface area contributed by atoms with Crippen molar-refractivity contribution < 1.29 is 19.4 Å². The average Bonchev–Trinajstić information content (AvgIpc) is 2.80. The maximum absolute atomic E-state index is 12.8. The molecule has 0 aromatic carbocycles. The summed E-state index contributed by atoms with van der Waals surface area (Å²) in [5.74, 6) is -0.971. The van der Waals surface area contributed by atoms with Crippen molar-refractivity contribution in [1.29, 1.82) is 0 Å². The van der Waals surface area contributed by atoms with Gasteiger partial charge in [0.05, 0.1) is 11.8 Å². The van der Waals surface area contributed by atoms with Crippen LogP contribution in [0.15, 0.2) is 0 Å². The molecule has 1 N–H and O–H groups in total. The van der Waals surface area contributed by atoms with Crippen LogP contribution in [-0.2, 0) is 14.3 Å². The Bertz CT molecular complexity index is 516. The number of aliphatic carboxylic acids is 1. The smallest absolute Gasteiger partial charge is 0.310 e. The number of carboxylic acid groups (broad SMARTS) is 1. The molecule has 1 saturated carbocycles. The highest BCUT2D eigenvalue weighted by molar-refractivity contribution is 5.81. The second-order valence-corrected chi connectivity index (χ2v) is 11.1. The van der Waals surface area contributed by atoms with E-state index in [9.17, 15) is 14.7 Å². The van der Waals surface area contributed by atoms with Crippen LogP contribution in [0.4, 0.5) is 0 Å². The van der Waals surface area contributed by atoms with E-state index in [-0.39, 0.29) is 12.1 Å². The lowest BCUT2D eigenvalue weighted by Crippen LogP contribution is -2.37. The van der Waals surface area contributed by atoms with Gasteiger partial charge in [-0.2, -0.15) is 0 Å². The zero-order valence-corrected chi connectivity index (χ0v) is 22.3. The summed E-state index contributed by atoms with van der Waals surface area (Å²) in [6.07, 6.45) is 20.8. The molecule has 0 heterocycles. The van der Waals surface area contributed by atoms with Gasteiger partial charge in [0.1, 0.15) is 6.10 Å². The lowest BCUT2D eigenvalue weighted by Gasteiger charge is -2.30. The average molecular weight is 467 g/mol. The number of carbonyl (C=O) groups excluding carboxylic acids is 1. The summed E-state index contributed by atoms with van der Waals surface area (Å²) in [7, 11) is 0. The van der Waals surface area contributed by atoms with Gasteiger partial charge < -0.3 is 9.84 Å². The van der Waals surface area contributed by atoms with E-state index in [2.05, 4.69) is 27.7 Å². The zero-order valence-electron chi connectivity index (χ0n) is 22.3. The minimum atomic E-state index is -0.845. The molecule has 0 aliphatic heterocycles. The van der Waals surface area contributed by atoms with Crippen molar-refractivity contribution in [3.8, 4) is 0 Å². The first kappa shape index (κ1) is 30.0. The van der Waals surface area contributed by atoms with Gasteiger partial charge in [0, 0.05) is 0 Å². The fraction of sp³-hybridized carbons (Fsp3) is 0.931. The van der Waals surface area contributed by atoms with Gasteiger partial charge in [-0.05, 0) is 37.5 Å². The normalized spacial score (nSPS) is 20.5. The Morgan fingerprint density at radius 1 is 0.758 bits per heavy atom. The van der Waals surface area contributed by atoms with Gasteiger partial charge >= 0.3 is 11.9 Å². The Morgan fingerprint density at radius 2 is 1.21 bits per heavy atom. The topological polar surface area (TPSA) is 63.6 Å². The molecule has 0 bridgehead atoms. The quantitative estimate of drug-likeness (QED) is 0.153. The highest BCUT2D eigenvalue weighted by Crippen LogP contribution is 2.32. The van der Waals surface area contributed by atoms with Gasteiger partial charge in [-0.15, -0.1) is 0 Å². The van der Waals surface area contributed by atoms with Crippen LogP contribution in [0, 0.1) is 23.7 Å². The minimum Gasteiger partial charge on any atom is -0.481 e. The van der Waals surface area contributed by atoms with Gasteiger partial charge in [0.15, 0.2) is 0 Å². The summed E-state index contributed by atoms with van der Waals surface area (Å²) in [5, 5.41) is 9.48. The van der Waals surface area contributed by atoms with E-state index in [1.165, 1.54) is 70.6 Å². The monoisotopic (exact) mass is 466 g/mol. The number of hydrogen-bond acceptors (Lipinski definition) is 3. The molecular weight excluding hydrogens is 412 g/mol. The van der Waals surface area contributed by atoms with Crippen molar-refractivity contribution in [1.82, 2.24) is 0 Å². The van der Waals surface area contributed by atoms with Crippen LogP contribution in [0.5, 0.6) is 0 Å². The minimum absolute atomic E-state index is 0.0745. The maximum atomic E-state index is 12.8. The lowest BCUT2D eigenvalue weighted by molar-refractivity contribution is -0.166. The molecule has 4 nitrogen and oxygen atoms in total. The fourth-order valence-electron chi connectivity index (χ4n) is 5.16. The number of carbonyl (C=O) groups is 2. The second-order valence-electron chi connectivity index (χ2n) is 11.1. The van der Waals surface area contributed by atoms with Crippen LogP contribution in [0.2, 0.25) is 0 Å². The Kier molecular flexibility index (Phi) is 16.6. The van der Waals surface area contributed by atoms with Gasteiger partial charge in [0.25, 0.3) is 0 Å². The Hall–Kier alpha value is -1.06. The van der Waals surface area contributed by atoms with Crippen LogP contribution in [0.3, 0.4) is 0 Å². The summed E-state index contributed by atoms with van der Waals surface area (Å²) in [4.78, 5) is 24.4. The number of unbranched alkanes of at least 4 members (excludes halogenated alkanes) is 10. The number of ether oxygens (including phenoxy) is 1. The number of hydrogen-bond donors (Lipinski definition) is 1. The third-order valence-electron chi connectivity index (χ3n) is 7.70. The molecule has 1 aliphatic carbocycles. The molecule has 0 saturated heterocycles. The van der Waals surface area contributed by atoms with Crippen molar-refractivity contribution in [2.75, 3.05) is 0 Å². The Morgan fingerprint density at radius 3 is 1.67 bits per heavy atom.